The van der Waals surface area contributed by atoms with Crippen LogP contribution in [0.1, 0.15) is 175 Å². The lowest BCUT2D eigenvalue weighted by molar-refractivity contribution is 0.0542. The van der Waals surface area contributed by atoms with Gasteiger partial charge >= 0.3 is 0 Å². The summed E-state index contributed by atoms with van der Waals surface area (Å²) in [4.78, 5) is 31.0. The number of aromatic hydroxyl groups is 2. The van der Waals surface area contributed by atoms with Crippen molar-refractivity contribution in [3.8, 4) is 23.0 Å². The number of ether oxygens (including phenoxy) is 2. The molecule has 8 heteroatoms. The van der Waals surface area contributed by atoms with Gasteiger partial charge in [-0.1, -0.05) is 46.6 Å². The zero-order valence-corrected chi connectivity index (χ0v) is 36.6. The summed E-state index contributed by atoms with van der Waals surface area (Å²) in [5.41, 5.74) is 9.17. The number of allylic oxidation sites excluding steroid dienone is 8. The highest BCUT2D eigenvalue weighted by molar-refractivity contribution is 6.00. The van der Waals surface area contributed by atoms with E-state index in [1.54, 1.807) is 12.1 Å². The second-order valence-electron chi connectivity index (χ2n) is 18.5. The molecule has 0 bridgehead atoms. The number of hydrogen-bond donors (Lipinski definition) is 2. The van der Waals surface area contributed by atoms with Crippen molar-refractivity contribution >= 4 is 11.8 Å². The molecule has 2 atom stereocenters. The normalized spacial score (nSPS) is 21.2. The molecule has 0 unspecified atom stereocenters. The molecule has 4 heterocycles. The molecule has 58 heavy (non-hydrogen) atoms. The molecule has 0 saturated carbocycles. The minimum atomic E-state index is -0.372. The van der Waals surface area contributed by atoms with E-state index < -0.39 is 0 Å². The maximum Gasteiger partial charge on any atom is 0.254 e. The van der Waals surface area contributed by atoms with Crippen molar-refractivity contribution in [1.29, 1.82) is 0 Å². The lowest BCUT2D eigenvalue weighted by Gasteiger charge is -2.37. The van der Waals surface area contributed by atoms with Crippen molar-refractivity contribution in [2.24, 2.45) is 0 Å². The quantitative estimate of drug-likeness (QED) is 0.122. The molecule has 0 fully saturated rings. The Labute approximate surface area is 347 Å². The van der Waals surface area contributed by atoms with Gasteiger partial charge in [0.15, 0.2) is 0 Å². The van der Waals surface area contributed by atoms with Crippen LogP contribution in [0.2, 0.25) is 0 Å². The van der Waals surface area contributed by atoms with E-state index in [1.807, 2.05) is 9.80 Å². The van der Waals surface area contributed by atoms with E-state index in [1.165, 1.54) is 22.3 Å². The van der Waals surface area contributed by atoms with Gasteiger partial charge in [0.25, 0.3) is 11.8 Å². The highest BCUT2D eigenvalue weighted by Gasteiger charge is 2.41. The van der Waals surface area contributed by atoms with Crippen LogP contribution in [0.4, 0.5) is 0 Å². The monoisotopic (exact) mass is 793 g/mol. The van der Waals surface area contributed by atoms with Crippen LogP contribution in [0, 0.1) is 0 Å². The fraction of sp³-hybridized carbons (Fsp3) is 0.560. The predicted molar refractivity (Wildman–Crippen MR) is 233 cm³/mol. The highest BCUT2D eigenvalue weighted by Crippen LogP contribution is 2.48. The van der Waals surface area contributed by atoms with E-state index in [-0.39, 0.29) is 34.5 Å². The summed E-state index contributed by atoms with van der Waals surface area (Å²) in [6.07, 6.45) is 21.6. The molecule has 0 spiro atoms. The Hall–Kier alpha value is -4.46. The zero-order valence-electron chi connectivity index (χ0n) is 36.6. The summed E-state index contributed by atoms with van der Waals surface area (Å²) in [7, 11) is 0. The van der Waals surface area contributed by atoms with Crippen LogP contribution in [-0.4, -0.2) is 56.1 Å². The molecule has 2 amide bonds. The van der Waals surface area contributed by atoms with E-state index in [2.05, 4.69) is 79.7 Å². The van der Waals surface area contributed by atoms with Crippen molar-refractivity contribution in [2.45, 2.75) is 170 Å². The van der Waals surface area contributed by atoms with Gasteiger partial charge in [-0.05, 0) is 157 Å². The fourth-order valence-electron chi connectivity index (χ4n) is 9.08. The maximum atomic E-state index is 13.6. The van der Waals surface area contributed by atoms with Crippen molar-refractivity contribution < 1.29 is 29.3 Å². The van der Waals surface area contributed by atoms with Gasteiger partial charge in [0.1, 0.15) is 34.2 Å². The second kappa shape index (κ2) is 18.2. The van der Waals surface area contributed by atoms with Gasteiger partial charge in [0, 0.05) is 35.3 Å². The van der Waals surface area contributed by atoms with Crippen LogP contribution in [0.3, 0.4) is 0 Å². The summed E-state index contributed by atoms with van der Waals surface area (Å²) >= 11 is 0. The van der Waals surface area contributed by atoms with E-state index in [0.717, 1.165) is 99.3 Å². The number of amides is 2. The summed E-state index contributed by atoms with van der Waals surface area (Å²) in [6.45, 7) is 19.3. The number of phenols is 2. The van der Waals surface area contributed by atoms with E-state index >= 15 is 0 Å². The first-order valence-electron chi connectivity index (χ1n) is 21.9. The standard InChI is InChI=1S/C50H68N2O6/c1-33(2)15-11-17-35(5)19-13-23-49(7)25-21-37-43(53)29-39-41(45(37)57-49)31-51(47(39)55)27-9-10-28-52-32-42-40(48(52)56)30-44(54)38-22-26-50(8,58-46(38)42)24-14-20-36(6)18-12-16-34(3)4/h15-16,19-20,29-30,53-54H,9-14,17-18,21-28,31-32H2,1-8H3/b35-19+,36-20+/t49-,50-/m0/s1. The van der Waals surface area contributed by atoms with Gasteiger partial charge in [-0.15, -0.1) is 0 Å². The number of rotatable bonds is 17. The summed E-state index contributed by atoms with van der Waals surface area (Å²) < 4.78 is 13.4. The minimum absolute atomic E-state index is 0.0831. The smallest absolute Gasteiger partial charge is 0.254 e. The van der Waals surface area contributed by atoms with Gasteiger partial charge in [0.2, 0.25) is 0 Å². The van der Waals surface area contributed by atoms with Crippen LogP contribution < -0.4 is 9.47 Å². The molecular weight excluding hydrogens is 725 g/mol. The van der Waals surface area contributed by atoms with E-state index in [9.17, 15) is 19.8 Å². The number of carbonyl (C=O) groups excluding carboxylic acids is 2. The zero-order chi connectivity index (χ0) is 41.8. The molecule has 0 aromatic heterocycles. The van der Waals surface area contributed by atoms with Crippen molar-refractivity contribution in [1.82, 2.24) is 9.80 Å². The Kier molecular flexibility index (Phi) is 13.5. The number of benzene rings is 2. The molecule has 0 aliphatic carbocycles. The maximum absolute atomic E-state index is 13.6. The molecule has 2 N–H and O–H groups in total. The second-order valence-corrected chi connectivity index (χ2v) is 18.5. The Balaban J connectivity index is 1.02. The third-order valence-corrected chi connectivity index (χ3v) is 12.8. The number of hydrogen-bond acceptors (Lipinski definition) is 6. The first-order valence-corrected chi connectivity index (χ1v) is 21.9. The molecule has 314 valence electrons. The molecule has 8 nitrogen and oxygen atoms in total. The number of unbranched alkanes of at least 4 members (excludes halogenated alkanes) is 1. The molecule has 4 aliphatic heterocycles. The molecule has 2 aromatic rings. The Morgan fingerprint density at radius 3 is 1.40 bits per heavy atom. The third kappa shape index (κ3) is 10.0. The van der Waals surface area contributed by atoms with Crippen LogP contribution in [0.15, 0.2) is 58.7 Å². The summed E-state index contributed by atoms with van der Waals surface area (Å²) in [5, 5.41) is 22.0. The lowest BCUT2D eigenvalue weighted by Crippen LogP contribution is -2.36. The minimum Gasteiger partial charge on any atom is -0.508 e. The average Bonchev–Trinajstić information content (AvgIpc) is 3.64. The average molecular weight is 793 g/mol. The van der Waals surface area contributed by atoms with Crippen LogP contribution >= 0.6 is 0 Å². The van der Waals surface area contributed by atoms with E-state index in [0.29, 0.717) is 61.6 Å². The van der Waals surface area contributed by atoms with Crippen molar-refractivity contribution in [3.05, 3.63) is 92.1 Å². The molecule has 2 aromatic carbocycles. The number of fused-ring (bicyclic) bond motifs is 6. The lowest BCUT2D eigenvalue weighted by atomic mass is 9.86. The van der Waals surface area contributed by atoms with Crippen molar-refractivity contribution in [2.75, 3.05) is 13.1 Å². The molecular formula is C50H68N2O6. The van der Waals surface area contributed by atoms with E-state index in [4.69, 9.17) is 9.47 Å². The largest absolute Gasteiger partial charge is 0.508 e. The Morgan fingerprint density at radius 1 is 0.621 bits per heavy atom. The molecule has 0 saturated heterocycles. The highest BCUT2D eigenvalue weighted by atomic mass is 16.5. The number of nitrogens with zero attached hydrogens (tertiary/aromatic N) is 2. The Morgan fingerprint density at radius 2 is 1.02 bits per heavy atom. The first kappa shape index (κ1) is 43.1. The van der Waals surface area contributed by atoms with Gasteiger partial charge in [-0.2, -0.15) is 0 Å². The van der Waals surface area contributed by atoms with Gasteiger partial charge < -0.3 is 29.5 Å². The van der Waals surface area contributed by atoms with Gasteiger partial charge in [-0.25, -0.2) is 0 Å². The predicted octanol–water partition coefficient (Wildman–Crippen LogP) is 11.6. The van der Waals surface area contributed by atoms with Crippen LogP contribution in [-0.2, 0) is 25.9 Å². The molecule has 4 aliphatic rings. The Bertz CT molecular complexity index is 1870. The SMILES string of the molecule is CC(C)=CCC/C(C)=C/CC[C@@]1(C)CCc2c(O)cc3c(c2O1)CN(CCCCN1Cc2c(cc(O)c4c2O[C@@](C)(CC/C=C(\C)CCC=C(C)C)CC4)C1=O)C3=O. The van der Waals surface area contributed by atoms with Gasteiger partial charge in [-0.3, -0.25) is 9.59 Å². The van der Waals surface area contributed by atoms with Gasteiger partial charge in [0.05, 0.1) is 24.2 Å². The van der Waals surface area contributed by atoms with Crippen LogP contribution in [0.25, 0.3) is 0 Å². The van der Waals surface area contributed by atoms with Crippen molar-refractivity contribution in [3.63, 3.8) is 0 Å². The number of phenolic OH excluding ortho intramolecular Hbond substituents is 2. The molecule has 0 radical (unpaired) electrons. The fourth-order valence-corrected chi connectivity index (χ4v) is 9.08. The first-order chi connectivity index (χ1) is 27.6. The third-order valence-electron chi connectivity index (χ3n) is 12.8. The molecule has 6 rings (SSSR count). The summed E-state index contributed by atoms with van der Waals surface area (Å²) in [6, 6.07) is 3.27. The summed E-state index contributed by atoms with van der Waals surface area (Å²) in [5.74, 6) is 1.50. The number of carbonyl (C=O) groups is 2. The van der Waals surface area contributed by atoms with Crippen LogP contribution in [0.5, 0.6) is 23.0 Å². The topological polar surface area (TPSA) is 99.5 Å².